The van der Waals surface area contributed by atoms with Gasteiger partial charge in [-0.05, 0) is 43.0 Å². The Kier molecular flexibility index (Phi) is 9.32. The van der Waals surface area contributed by atoms with Gasteiger partial charge in [0.2, 0.25) is 5.91 Å². The first-order valence-electron chi connectivity index (χ1n) is 14.4. The van der Waals surface area contributed by atoms with Crippen molar-refractivity contribution < 1.29 is 19.1 Å². The molecule has 1 spiro atoms. The van der Waals surface area contributed by atoms with Crippen LogP contribution in [-0.2, 0) is 25.5 Å². The number of hydrogen-bond acceptors (Lipinski definition) is 5. The third kappa shape index (κ3) is 6.29. The van der Waals surface area contributed by atoms with E-state index in [2.05, 4.69) is 62.2 Å². The monoisotopic (exact) mass is 567 g/mol. The number of Topliss-reactive ketones (excluding diaryl/α,β-unsaturated/α-hetero) is 1. The molecule has 0 radical (unpaired) electrons. The number of carbonyl (C=O) groups is 3. The van der Waals surface area contributed by atoms with Crippen molar-refractivity contribution in [2.75, 3.05) is 6.26 Å². The van der Waals surface area contributed by atoms with Crippen molar-refractivity contribution in [2.24, 2.45) is 23.2 Å². The van der Waals surface area contributed by atoms with Gasteiger partial charge in [-0.2, -0.15) is 11.8 Å². The summed E-state index contributed by atoms with van der Waals surface area (Å²) in [4.78, 5) is 39.9. The van der Waals surface area contributed by atoms with Gasteiger partial charge in [-0.15, -0.1) is 0 Å². The van der Waals surface area contributed by atoms with Crippen LogP contribution >= 0.6 is 11.8 Å². The zero-order valence-corrected chi connectivity index (χ0v) is 26.2. The minimum atomic E-state index is -1.46. The van der Waals surface area contributed by atoms with E-state index in [1.165, 1.54) is 18.1 Å². The lowest BCUT2D eigenvalue weighted by Crippen LogP contribution is -2.59. The summed E-state index contributed by atoms with van der Waals surface area (Å²) in [5.74, 6) is -0.277. The maximum Gasteiger partial charge on any atom is 0.302 e. The van der Waals surface area contributed by atoms with Crippen LogP contribution in [0, 0.1) is 23.2 Å². The number of hydrogen-bond donors (Lipinski definition) is 1. The average Bonchev–Trinajstić information content (AvgIpc) is 3.14. The van der Waals surface area contributed by atoms with E-state index in [0.717, 1.165) is 12.5 Å². The van der Waals surface area contributed by atoms with Crippen LogP contribution in [-0.4, -0.2) is 49.4 Å². The number of nitrogens with one attached hydrogen (secondary N) is 1. The van der Waals surface area contributed by atoms with Gasteiger partial charge in [0.05, 0.1) is 0 Å². The Morgan fingerprint density at radius 2 is 1.87 bits per heavy atom. The van der Waals surface area contributed by atoms with Crippen molar-refractivity contribution in [3.05, 3.63) is 59.7 Å². The molecule has 1 saturated heterocycles. The van der Waals surface area contributed by atoms with Gasteiger partial charge in [0.15, 0.2) is 0 Å². The van der Waals surface area contributed by atoms with Crippen LogP contribution in [0.25, 0.3) is 0 Å². The van der Waals surface area contributed by atoms with E-state index in [-0.39, 0.29) is 46.7 Å². The second kappa shape index (κ2) is 12.2. The maximum atomic E-state index is 14.5. The fraction of sp³-hybridized carbons (Fsp3) is 0.594. The molecule has 1 N–H and O–H groups in total. The minimum Gasteiger partial charge on any atom is -0.460 e. The summed E-state index contributed by atoms with van der Waals surface area (Å²) >= 11 is 1.61. The Labute approximate surface area is 239 Å². The van der Waals surface area contributed by atoms with Crippen LogP contribution in [0.5, 0.6) is 0 Å². The summed E-state index contributed by atoms with van der Waals surface area (Å²) in [5.41, 5.74) is 1.67. The summed E-state index contributed by atoms with van der Waals surface area (Å²) in [6.07, 6.45) is 10.9. The third-order valence-corrected chi connectivity index (χ3v) is 11.4. The first kappa shape index (κ1) is 29.8. The zero-order valence-electron chi connectivity index (χ0n) is 24.4. The molecule has 4 rings (SSSR count). The Morgan fingerprint density at radius 1 is 1.15 bits per heavy atom. The lowest BCUT2D eigenvalue weighted by Gasteiger charge is -2.51. The molecule has 0 aromatic heterocycles. The highest BCUT2D eigenvalue weighted by atomic mass is 32.2. The number of allylic oxidation sites excluding steroid dienone is 4. The first-order chi connectivity index (χ1) is 18.5. The highest BCUT2D eigenvalue weighted by Crippen LogP contribution is 2.59. The molecule has 5 nitrogen and oxygen atoms in total. The topological polar surface area (TPSA) is 72.5 Å². The minimum absolute atomic E-state index is 0.0193. The van der Waals surface area contributed by atoms with E-state index < -0.39 is 19.6 Å². The quantitative estimate of drug-likeness (QED) is 0.251. The molecule has 0 bridgehead atoms. The molecule has 212 valence electrons. The van der Waals surface area contributed by atoms with Gasteiger partial charge in [0.25, 0.3) is 0 Å². The van der Waals surface area contributed by atoms with Crippen LogP contribution < -0.4 is 5.32 Å². The van der Waals surface area contributed by atoms with Crippen molar-refractivity contribution in [3.8, 4) is 0 Å². The lowest BCUT2D eigenvalue weighted by atomic mass is 9.54. The number of ether oxygens (including phenoxy) is 1. The van der Waals surface area contributed by atoms with E-state index in [4.69, 9.17) is 4.74 Å². The van der Waals surface area contributed by atoms with Crippen LogP contribution in [0.1, 0.15) is 45.1 Å². The number of thioether (sulfide) groups is 1. The van der Waals surface area contributed by atoms with Gasteiger partial charge in [-0.25, -0.2) is 0 Å². The van der Waals surface area contributed by atoms with Gasteiger partial charge in [-0.3, -0.25) is 14.4 Å². The first-order valence-corrected chi connectivity index (χ1v) is 19.4. The fourth-order valence-electron chi connectivity index (χ4n) is 7.32. The van der Waals surface area contributed by atoms with Gasteiger partial charge in [0.1, 0.15) is 17.3 Å². The Hall–Kier alpha value is -2.12. The number of carbonyl (C=O) groups excluding carboxylic acids is 3. The standard InChI is InChI=1S/C32H45NO4SSi/c1-21-24(20-39(4,5)6)19-25-14-10-11-15-26(35)16-17-28(38-3)30(37-22(2)34)32(25)29(21)27(33-31(32)36)18-23-12-8-7-9-13-23/h7-10,12-14,19,21,25,27-30H,11,15-18,20H2,1-6H3,(H,33,36)/b14-10+/t21-,25+,27?,28?,29?,30?,32?/m1/s1. The SMILES string of the molecule is CSC1CCC(=O)CC/C=C/[C@H]2C=C(C[Si](C)(C)C)[C@@H](C)C3C(Cc4ccccc4)NC(=O)C32C1OC(C)=O. The molecule has 7 heteroatoms. The van der Waals surface area contributed by atoms with Crippen molar-refractivity contribution in [3.63, 3.8) is 0 Å². The van der Waals surface area contributed by atoms with E-state index in [9.17, 15) is 14.4 Å². The number of ketones is 1. The van der Waals surface area contributed by atoms with Crippen LogP contribution in [0.3, 0.4) is 0 Å². The van der Waals surface area contributed by atoms with Crippen LogP contribution in [0.15, 0.2) is 54.1 Å². The molecular formula is C32H45NO4SSi. The van der Waals surface area contributed by atoms with Crippen molar-refractivity contribution >= 4 is 37.5 Å². The number of amides is 1. The molecule has 39 heavy (non-hydrogen) atoms. The predicted molar refractivity (Wildman–Crippen MR) is 162 cm³/mol. The van der Waals surface area contributed by atoms with Gasteiger partial charge >= 0.3 is 5.97 Å². The lowest BCUT2D eigenvalue weighted by molar-refractivity contribution is -0.164. The number of rotatable bonds is 6. The zero-order chi connectivity index (χ0) is 28.4. The molecule has 1 amide bonds. The fourth-order valence-corrected chi connectivity index (χ4v) is 9.87. The Balaban J connectivity index is 1.94. The normalized spacial score (nSPS) is 34.2. The molecule has 1 fully saturated rings. The summed E-state index contributed by atoms with van der Waals surface area (Å²) < 4.78 is 6.24. The van der Waals surface area contributed by atoms with Gasteiger partial charge in [-0.1, -0.05) is 80.7 Å². The molecule has 1 aromatic rings. The Morgan fingerprint density at radius 3 is 2.51 bits per heavy atom. The summed E-state index contributed by atoms with van der Waals surface area (Å²) in [7, 11) is -1.46. The smallest absolute Gasteiger partial charge is 0.302 e. The van der Waals surface area contributed by atoms with Gasteiger partial charge in [0, 0.05) is 51.0 Å². The molecule has 0 saturated carbocycles. The van der Waals surface area contributed by atoms with Crippen molar-refractivity contribution in [2.45, 2.75) is 89.0 Å². The highest BCUT2D eigenvalue weighted by molar-refractivity contribution is 7.99. The van der Waals surface area contributed by atoms with E-state index in [0.29, 0.717) is 25.7 Å². The molecule has 1 heterocycles. The molecule has 1 aromatic carbocycles. The summed E-state index contributed by atoms with van der Waals surface area (Å²) in [6.45, 7) is 10.9. The molecule has 5 unspecified atom stereocenters. The average molecular weight is 568 g/mol. The molecule has 7 atom stereocenters. The predicted octanol–water partition coefficient (Wildman–Crippen LogP) is 6.22. The second-order valence-electron chi connectivity index (χ2n) is 12.9. The van der Waals surface area contributed by atoms with E-state index >= 15 is 0 Å². The maximum absolute atomic E-state index is 14.5. The second-order valence-corrected chi connectivity index (χ2v) is 19.4. The summed E-state index contributed by atoms with van der Waals surface area (Å²) in [5, 5.41) is 3.28. The van der Waals surface area contributed by atoms with Crippen LogP contribution in [0.4, 0.5) is 0 Å². The number of esters is 1. The Bertz CT molecular complexity index is 1130. The van der Waals surface area contributed by atoms with Crippen LogP contribution in [0.2, 0.25) is 25.7 Å². The number of benzene rings is 1. The van der Waals surface area contributed by atoms with Crippen molar-refractivity contribution in [1.29, 1.82) is 0 Å². The van der Waals surface area contributed by atoms with Crippen molar-refractivity contribution in [1.82, 2.24) is 5.32 Å². The third-order valence-electron chi connectivity index (χ3n) is 8.84. The molecule has 2 aliphatic carbocycles. The molecule has 1 aliphatic heterocycles. The van der Waals surface area contributed by atoms with E-state index in [1.807, 2.05) is 24.5 Å². The molecule has 3 aliphatic rings. The molecular weight excluding hydrogens is 523 g/mol. The largest absolute Gasteiger partial charge is 0.460 e. The highest BCUT2D eigenvalue weighted by Gasteiger charge is 2.67. The van der Waals surface area contributed by atoms with E-state index in [1.54, 1.807) is 11.8 Å². The van der Waals surface area contributed by atoms with Gasteiger partial charge < -0.3 is 10.1 Å². The summed E-state index contributed by atoms with van der Waals surface area (Å²) in [6, 6.07) is 11.3.